The van der Waals surface area contributed by atoms with Crippen LogP contribution in [0.4, 0.5) is 0 Å². The predicted molar refractivity (Wildman–Crippen MR) is 79.3 cm³/mol. The van der Waals surface area contributed by atoms with Crippen molar-refractivity contribution >= 4 is 0 Å². The minimum Gasteiger partial charge on any atom is -0.387 e. The lowest BCUT2D eigenvalue weighted by Gasteiger charge is -2.15. The number of nitrogens with one attached hydrogen (secondary N) is 1. The van der Waals surface area contributed by atoms with Crippen LogP contribution >= 0.6 is 0 Å². The van der Waals surface area contributed by atoms with Gasteiger partial charge in [-0.25, -0.2) is 4.79 Å². The molecule has 108 valence electrons. The molecule has 0 aliphatic carbocycles. The van der Waals surface area contributed by atoms with E-state index < -0.39 is 6.10 Å². The molecule has 0 radical (unpaired) electrons. The Morgan fingerprint density at radius 2 is 1.95 bits per heavy atom. The molecule has 1 heterocycles. The standard InChI is InChI=1S/C15H21N3O2/c1-11(2)17-8-9-18(15(17)20)13-7-5-4-6-12(13)14(19)10-16-3/h4-9,11,14,16,19H,10H2,1-3H3. The summed E-state index contributed by atoms with van der Waals surface area (Å²) in [5.41, 5.74) is 1.37. The molecule has 0 amide bonds. The van der Waals surface area contributed by atoms with E-state index in [-0.39, 0.29) is 11.7 Å². The summed E-state index contributed by atoms with van der Waals surface area (Å²) in [6.07, 6.45) is 2.87. The Hall–Kier alpha value is -1.85. The molecule has 2 N–H and O–H groups in total. The number of aliphatic hydroxyl groups is 1. The number of nitrogens with zero attached hydrogens (tertiary/aromatic N) is 2. The molecule has 0 saturated heterocycles. The van der Waals surface area contributed by atoms with Gasteiger partial charge in [0.2, 0.25) is 0 Å². The van der Waals surface area contributed by atoms with Crippen LogP contribution in [0.2, 0.25) is 0 Å². The molecular formula is C15H21N3O2. The molecule has 20 heavy (non-hydrogen) atoms. The van der Waals surface area contributed by atoms with Gasteiger partial charge in [-0.2, -0.15) is 0 Å². The maximum absolute atomic E-state index is 12.4. The van der Waals surface area contributed by atoms with E-state index in [1.165, 1.54) is 0 Å². The quantitative estimate of drug-likeness (QED) is 0.869. The second-order valence-corrected chi connectivity index (χ2v) is 5.08. The molecule has 0 aliphatic rings. The Morgan fingerprint density at radius 3 is 2.55 bits per heavy atom. The van der Waals surface area contributed by atoms with Gasteiger partial charge in [-0.05, 0) is 27.0 Å². The highest BCUT2D eigenvalue weighted by molar-refractivity contribution is 5.42. The van der Waals surface area contributed by atoms with Crippen molar-refractivity contribution < 1.29 is 5.11 Å². The van der Waals surface area contributed by atoms with E-state index in [9.17, 15) is 9.90 Å². The van der Waals surface area contributed by atoms with Gasteiger partial charge in [0.25, 0.3) is 0 Å². The minimum atomic E-state index is -0.648. The molecule has 1 unspecified atom stereocenters. The molecule has 1 aromatic heterocycles. The van der Waals surface area contributed by atoms with E-state index in [4.69, 9.17) is 0 Å². The van der Waals surface area contributed by atoms with E-state index in [2.05, 4.69) is 5.32 Å². The van der Waals surface area contributed by atoms with Crippen molar-refractivity contribution in [1.29, 1.82) is 0 Å². The normalized spacial score (nSPS) is 12.8. The zero-order valence-electron chi connectivity index (χ0n) is 12.1. The summed E-state index contributed by atoms with van der Waals surface area (Å²) in [6.45, 7) is 4.37. The van der Waals surface area contributed by atoms with Gasteiger partial charge in [0.05, 0.1) is 11.8 Å². The number of hydrogen-bond acceptors (Lipinski definition) is 3. The molecule has 0 aliphatic heterocycles. The Bertz CT molecular complexity index is 628. The summed E-state index contributed by atoms with van der Waals surface area (Å²) < 4.78 is 3.25. The van der Waals surface area contributed by atoms with Gasteiger partial charge < -0.3 is 10.4 Å². The third-order valence-corrected chi connectivity index (χ3v) is 3.31. The SMILES string of the molecule is CNCC(O)c1ccccc1-n1ccn(C(C)C)c1=O. The largest absolute Gasteiger partial charge is 0.387 e. The van der Waals surface area contributed by atoms with Gasteiger partial charge in [-0.15, -0.1) is 0 Å². The summed E-state index contributed by atoms with van der Waals surface area (Å²) in [6, 6.07) is 7.53. The van der Waals surface area contributed by atoms with Crippen LogP contribution in [-0.2, 0) is 0 Å². The van der Waals surface area contributed by atoms with E-state index >= 15 is 0 Å². The molecule has 2 aromatic rings. The Balaban J connectivity index is 2.51. The van der Waals surface area contributed by atoms with Crippen molar-refractivity contribution in [3.05, 3.63) is 52.7 Å². The van der Waals surface area contributed by atoms with E-state index in [0.717, 1.165) is 11.3 Å². The highest BCUT2D eigenvalue weighted by atomic mass is 16.3. The predicted octanol–water partition coefficient (Wildman–Crippen LogP) is 1.47. The molecule has 1 atom stereocenters. The monoisotopic (exact) mass is 275 g/mol. The lowest BCUT2D eigenvalue weighted by Crippen LogP contribution is -2.26. The second-order valence-electron chi connectivity index (χ2n) is 5.08. The first kappa shape index (κ1) is 14.6. The van der Waals surface area contributed by atoms with Crippen LogP contribution in [0.1, 0.15) is 31.6 Å². The molecule has 0 spiro atoms. The van der Waals surface area contributed by atoms with Gasteiger partial charge in [0, 0.05) is 30.5 Å². The zero-order valence-corrected chi connectivity index (χ0v) is 12.1. The first-order chi connectivity index (χ1) is 9.56. The fourth-order valence-corrected chi connectivity index (χ4v) is 2.26. The lowest BCUT2D eigenvalue weighted by molar-refractivity contribution is 0.177. The average Bonchev–Trinajstić information content (AvgIpc) is 2.81. The highest BCUT2D eigenvalue weighted by Gasteiger charge is 2.15. The Kier molecular flexibility index (Phi) is 4.42. The van der Waals surface area contributed by atoms with Gasteiger partial charge in [0.1, 0.15) is 0 Å². The number of aromatic nitrogens is 2. The third-order valence-electron chi connectivity index (χ3n) is 3.31. The first-order valence-corrected chi connectivity index (χ1v) is 6.77. The van der Waals surface area contributed by atoms with Crippen molar-refractivity contribution in [3.63, 3.8) is 0 Å². The smallest absolute Gasteiger partial charge is 0.332 e. The van der Waals surface area contributed by atoms with Crippen molar-refractivity contribution in [3.8, 4) is 5.69 Å². The molecule has 5 heteroatoms. The maximum Gasteiger partial charge on any atom is 0.332 e. The number of rotatable bonds is 5. The number of likely N-dealkylation sites (N-methyl/N-ethyl adjacent to an activating group) is 1. The molecule has 0 fully saturated rings. The first-order valence-electron chi connectivity index (χ1n) is 6.77. The van der Waals surface area contributed by atoms with Gasteiger partial charge in [-0.1, -0.05) is 18.2 Å². The van der Waals surface area contributed by atoms with Crippen LogP contribution in [0.15, 0.2) is 41.5 Å². The summed E-state index contributed by atoms with van der Waals surface area (Å²) in [7, 11) is 1.78. The number of aliphatic hydroxyl groups excluding tert-OH is 1. The average molecular weight is 275 g/mol. The Morgan fingerprint density at radius 1 is 1.25 bits per heavy atom. The highest BCUT2D eigenvalue weighted by Crippen LogP contribution is 2.20. The van der Waals surface area contributed by atoms with Crippen LogP contribution in [0.25, 0.3) is 5.69 Å². The van der Waals surface area contributed by atoms with Crippen molar-refractivity contribution in [2.24, 2.45) is 0 Å². The lowest BCUT2D eigenvalue weighted by atomic mass is 10.1. The molecular weight excluding hydrogens is 254 g/mol. The topological polar surface area (TPSA) is 59.2 Å². The van der Waals surface area contributed by atoms with E-state index in [1.54, 1.807) is 28.6 Å². The maximum atomic E-state index is 12.4. The third kappa shape index (κ3) is 2.69. The van der Waals surface area contributed by atoms with E-state index in [1.807, 2.05) is 38.1 Å². The second kappa shape index (κ2) is 6.07. The fourth-order valence-electron chi connectivity index (χ4n) is 2.26. The van der Waals surface area contributed by atoms with Crippen LogP contribution in [-0.4, -0.2) is 27.8 Å². The van der Waals surface area contributed by atoms with E-state index in [0.29, 0.717) is 6.54 Å². The number of para-hydroxylation sites is 1. The summed E-state index contributed by atoms with van der Waals surface area (Å²) in [5, 5.41) is 13.1. The molecule has 0 bridgehead atoms. The molecule has 2 rings (SSSR count). The number of hydrogen-bond donors (Lipinski definition) is 2. The zero-order chi connectivity index (χ0) is 14.7. The summed E-state index contributed by atoms with van der Waals surface area (Å²) >= 11 is 0. The Labute approximate surface area is 118 Å². The summed E-state index contributed by atoms with van der Waals surface area (Å²) in [4.78, 5) is 12.4. The number of imidazole rings is 1. The van der Waals surface area contributed by atoms with Gasteiger partial charge in [0.15, 0.2) is 0 Å². The number of benzene rings is 1. The molecule has 5 nitrogen and oxygen atoms in total. The van der Waals surface area contributed by atoms with Crippen LogP contribution in [0, 0.1) is 0 Å². The van der Waals surface area contributed by atoms with Crippen LogP contribution in [0.5, 0.6) is 0 Å². The van der Waals surface area contributed by atoms with Crippen LogP contribution in [0.3, 0.4) is 0 Å². The van der Waals surface area contributed by atoms with Crippen molar-refractivity contribution in [2.75, 3.05) is 13.6 Å². The molecule has 1 aromatic carbocycles. The van der Waals surface area contributed by atoms with Gasteiger partial charge in [-0.3, -0.25) is 9.13 Å². The fraction of sp³-hybridized carbons (Fsp3) is 0.400. The minimum absolute atomic E-state index is 0.0934. The van der Waals surface area contributed by atoms with Crippen molar-refractivity contribution in [1.82, 2.24) is 14.5 Å². The summed E-state index contributed by atoms with van der Waals surface area (Å²) in [5.74, 6) is 0. The van der Waals surface area contributed by atoms with Crippen LogP contribution < -0.4 is 11.0 Å². The van der Waals surface area contributed by atoms with Crippen molar-refractivity contribution in [2.45, 2.75) is 26.0 Å². The molecule has 0 saturated carbocycles. The van der Waals surface area contributed by atoms with Gasteiger partial charge >= 0.3 is 5.69 Å².